The Kier molecular flexibility index (Phi) is 4.58. The third-order valence-corrected chi connectivity index (χ3v) is 7.75. The van der Waals surface area contributed by atoms with Gasteiger partial charge in [-0.3, -0.25) is 14.4 Å². The number of aliphatic imine (C=N–C) groups is 1. The number of nitrogens with two attached hydrogens (primary N) is 1. The average molecular weight is 406 g/mol. The average Bonchev–Trinajstić information content (AvgIpc) is 3.29. The van der Waals surface area contributed by atoms with Gasteiger partial charge in [0.2, 0.25) is 5.95 Å². The van der Waals surface area contributed by atoms with E-state index >= 15 is 0 Å². The molecule has 3 aliphatic rings. The smallest absolute Gasteiger partial charge is 0.264 e. The van der Waals surface area contributed by atoms with E-state index in [4.69, 9.17) is 10.7 Å². The minimum atomic E-state index is -0.00157. The normalized spacial score (nSPS) is 24.9. The molecule has 3 heterocycles. The maximum atomic E-state index is 13.3. The van der Waals surface area contributed by atoms with E-state index in [1.165, 1.54) is 18.4 Å². The van der Waals surface area contributed by atoms with Gasteiger partial charge in [-0.2, -0.15) is 0 Å². The van der Waals surface area contributed by atoms with Crippen LogP contribution in [0, 0.1) is 18.3 Å². The van der Waals surface area contributed by atoms with E-state index < -0.39 is 0 Å². The Morgan fingerprint density at radius 1 is 1.13 bits per heavy atom. The molecule has 0 unspecified atom stereocenters. The minimum absolute atomic E-state index is 0.00157. The quantitative estimate of drug-likeness (QED) is 0.834. The minimum Gasteiger partial charge on any atom is -0.342 e. The third-order valence-electron chi connectivity index (χ3n) is 7.75. The molecular weight excluding hydrogens is 374 g/mol. The summed E-state index contributed by atoms with van der Waals surface area (Å²) in [6.07, 6.45) is 4.62. The first-order chi connectivity index (χ1) is 14.4. The number of hydrogen-bond acceptors (Lipinski definition) is 5. The van der Waals surface area contributed by atoms with Gasteiger partial charge in [0.1, 0.15) is 0 Å². The van der Waals surface area contributed by atoms with Gasteiger partial charge < -0.3 is 10.6 Å². The van der Waals surface area contributed by atoms with E-state index in [0.717, 1.165) is 48.8 Å². The summed E-state index contributed by atoms with van der Waals surface area (Å²) < 4.78 is 1.71. The summed E-state index contributed by atoms with van der Waals surface area (Å²) in [6.45, 7) is 6.63. The second-order valence-corrected chi connectivity index (χ2v) is 9.52. The van der Waals surface area contributed by atoms with E-state index in [2.05, 4.69) is 35.9 Å². The Morgan fingerprint density at radius 2 is 1.83 bits per heavy atom. The van der Waals surface area contributed by atoms with Gasteiger partial charge in [0.05, 0.1) is 23.5 Å². The lowest BCUT2D eigenvalue weighted by atomic mass is 9.73. The van der Waals surface area contributed by atoms with Crippen molar-refractivity contribution in [3.05, 3.63) is 57.0 Å². The molecule has 1 aliphatic carbocycles. The maximum Gasteiger partial charge on any atom is 0.264 e. The van der Waals surface area contributed by atoms with Crippen LogP contribution < -0.4 is 16.2 Å². The van der Waals surface area contributed by atoms with Crippen molar-refractivity contribution >= 4 is 11.7 Å². The fraction of sp³-hybridized carbons (Fsp3) is 0.542. The maximum absolute atomic E-state index is 13.3. The van der Waals surface area contributed by atoms with E-state index in [9.17, 15) is 4.79 Å². The van der Waals surface area contributed by atoms with Gasteiger partial charge in [-0.05, 0) is 43.9 Å². The third kappa shape index (κ3) is 2.92. The molecule has 2 aliphatic heterocycles. The number of nitrogens with zero attached hydrogens (tertiary/aromatic N) is 4. The summed E-state index contributed by atoms with van der Waals surface area (Å²) in [6, 6.07) is 8.47. The second kappa shape index (κ2) is 7.05. The van der Waals surface area contributed by atoms with Crippen molar-refractivity contribution in [2.45, 2.75) is 52.1 Å². The first-order valence-electron chi connectivity index (χ1n) is 11.1. The van der Waals surface area contributed by atoms with Crippen molar-refractivity contribution in [2.24, 2.45) is 29.1 Å². The topological polar surface area (TPSA) is 76.5 Å². The van der Waals surface area contributed by atoms with Crippen LogP contribution in [0.2, 0.25) is 0 Å². The van der Waals surface area contributed by atoms with Gasteiger partial charge in [-0.1, -0.05) is 36.8 Å². The van der Waals surface area contributed by atoms with Crippen LogP contribution in [-0.4, -0.2) is 34.4 Å². The molecule has 158 valence electrons. The number of rotatable bonds is 2. The summed E-state index contributed by atoms with van der Waals surface area (Å²) in [5, 5.41) is 0. The van der Waals surface area contributed by atoms with Crippen LogP contribution in [0.1, 0.15) is 55.0 Å². The Labute approximate surface area is 177 Å². The first-order valence-corrected chi connectivity index (χ1v) is 11.1. The van der Waals surface area contributed by atoms with Crippen molar-refractivity contribution in [1.82, 2.24) is 9.55 Å². The number of aryl methyl sites for hydroxylation is 1. The van der Waals surface area contributed by atoms with Gasteiger partial charge in [-0.25, -0.2) is 4.98 Å². The lowest BCUT2D eigenvalue weighted by Gasteiger charge is -2.43. The molecule has 1 aromatic heterocycles. The molecule has 1 saturated heterocycles. The molecule has 0 amide bonds. The number of hydrogen-bond donors (Lipinski definition) is 1. The molecule has 5 rings (SSSR count). The van der Waals surface area contributed by atoms with Crippen LogP contribution >= 0.6 is 0 Å². The zero-order valence-electron chi connectivity index (χ0n) is 18.2. The number of anilines is 1. The molecular formula is C24H31N5O. The van der Waals surface area contributed by atoms with Gasteiger partial charge in [0, 0.05) is 31.7 Å². The van der Waals surface area contributed by atoms with E-state index in [1.807, 2.05) is 19.2 Å². The first kappa shape index (κ1) is 19.5. The fourth-order valence-corrected chi connectivity index (χ4v) is 5.65. The standard InChI is InChI=1S/C24H31N5O/c1-15-4-6-17(7-5-15)20-19-18(14-26-20)27-23(28(3)22(19)30)29-12-10-24(11-13-29)9-8-16(2)21(24)25/h4-7,16,21H,8-14,25H2,1-3H3/t16-,21-/m1/s1. The van der Waals surface area contributed by atoms with Gasteiger partial charge in [-0.15, -0.1) is 0 Å². The second-order valence-electron chi connectivity index (χ2n) is 9.52. The van der Waals surface area contributed by atoms with Crippen molar-refractivity contribution in [2.75, 3.05) is 18.0 Å². The van der Waals surface area contributed by atoms with Crippen LogP contribution in [0.5, 0.6) is 0 Å². The van der Waals surface area contributed by atoms with E-state index in [-0.39, 0.29) is 11.0 Å². The number of piperidine rings is 1. The van der Waals surface area contributed by atoms with Crippen molar-refractivity contribution in [1.29, 1.82) is 0 Å². The largest absolute Gasteiger partial charge is 0.342 e. The SMILES string of the molecule is Cc1ccc(C2=NCc3nc(N4CCC5(CC[C@@H](C)[C@H]5N)CC4)n(C)c(=O)c32)cc1. The van der Waals surface area contributed by atoms with Crippen LogP contribution in [-0.2, 0) is 13.6 Å². The number of fused-ring (bicyclic) bond motifs is 1. The monoisotopic (exact) mass is 405 g/mol. The zero-order chi connectivity index (χ0) is 21.0. The molecule has 1 aromatic carbocycles. The molecule has 1 spiro atoms. The fourth-order valence-electron chi connectivity index (χ4n) is 5.65. The van der Waals surface area contributed by atoms with E-state index in [0.29, 0.717) is 24.1 Å². The van der Waals surface area contributed by atoms with Crippen molar-refractivity contribution in [3.8, 4) is 0 Å². The molecule has 6 heteroatoms. The summed E-state index contributed by atoms with van der Waals surface area (Å²) >= 11 is 0. The van der Waals surface area contributed by atoms with Crippen molar-refractivity contribution < 1.29 is 0 Å². The molecule has 6 nitrogen and oxygen atoms in total. The molecule has 2 atom stereocenters. The molecule has 0 bridgehead atoms. The van der Waals surface area contributed by atoms with Crippen LogP contribution in [0.3, 0.4) is 0 Å². The summed E-state index contributed by atoms with van der Waals surface area (Å²) in [4.78, 5) is 25.2. The predicted molar refractivity (Wildman–Crippen MR) is 120 cm³/mol. The predicted octanol–water partition coefficient (Wildman–Crippen LogP) is 2.78. The lowest BCUT2D eigenvalue weighted by Crippen LogP contribution is -2.49. The number of benzene rings is 1. The van der Waals surface area contributed by atoms with Gasteiger partial charge in [0.25, 0.3) is 5.56 Å². The number of aromatic nitrogens is 2. The summed E-state index contributed by atoms with van der Waals surface area (Å²) in [5.41, 5.74) is 11.2. The molecule has 2 fully saturated rings. The summed E-state index contributed by atoms with van der Waals surface area (Å²) in [5.74, 6) is 1.38. The highest BCUT2D eigenvalue weighted by atomic mass is 16.1. The summed E-state index contributed by atoms with van der Waals surface area (Å²) in [7, 11) is 1.84. The van der Waals surface area contributed by atoms with Crippen LogP contribution in [0.25, 0.3) is 0 Å². The molecule has 2 aromatic rings. The Bertz CT molecular complexity index is 1060. The Morgan fingerprint density at radius 3 is 2.47 bits per heavy atom. The van der Waals surface area contributed by atoms with Crippen LogP contribution in [0.4, 0.5) is 5.95 Å². The zero-order valence-corrected chi connectivity index (χ0v) is 18.2. The Hall–Kier alpha value is -2.47. The lowest BCUT2D eigenvalue weighted by molar-refractivity contribution is 0.185. The van der Waals surface area contributed by atoms with Crippen LogP contribution in [0.15, 0.2) is 34.1 Å². The van der Waals surface area contributed by atoms with Crippen molar-refractivity contribution in [3.63, 3.8) is 0 Å². The molecule has 1 saturated carbocycles. The highest BCUT2D eigenvalue weighted by molar-refractivity contribution is 6.14. The highest BCUT2D eigenvalue weighted by Crippen LogP contribution is 2.48. The Balaban J connectivity index is 1.43. The van der Waals surface area contributed by atoms with Gasteiger partial charge in [0.15, 0.2) is 0 Å². The van der Waals surface area contributed by atoms with E-state index in [1.54, 1.807) is 4.57 Å². The van der Waals surface area contributed by atoms with Gasteiger partial charge >= 0.3 is 0 Å². The molecule has 0 radical (unpaired) electrons. The highest BCUT2D eigenvalue weighted by Gasteiger charge is 2.46. The molecule has 30 heavy (non-hydrogen) atoms. The molecule has 2 N–H and O–H groups in total.